The SMILES string of the molecule is CCOc1ccccc1C(CC(=O)c1ccc(Br)cc1)CC(=O)c1ccc(Br)cc1. The summed E-state index contributed by atoms with van der Waals surface area (Å²) >= 11 is 6.79. The van der Waals surface area contributed by atoms with Crippen LogP contribution in [0, 0.1) is 0 Å². The Balaban J connectivity index is 1.90. The Morgan fingerprint density at radius 2 is 1.23 bits per heavy atom. The largest absolute Gasteiger partial charge is 0.494 e. The summed E-state index contributed by atoms with van der Waals surface area (Å²) in [7, 11) is 0. The van der Waals surface area contributed by atoms with E-state index in [2.05, 4.69) is 31.9 Å². The second-order valence-corrected chi connectivity index (χ2v) is 8.77. The highest BCUT2D eigenvalue weighted by Gasteiger charge is 2.24. The van der Waals surface area contributed by atoms with Crippen molar-refractivity contribution in [2.24, 2.45) is 0 Å². The number of para-hydroxylation sites is 1. The van der Waals surface area contributed by atoms with Gasteiger partial charge in [-0.05, 0) is 42.8 Å². The summed E-state index contributed by atoms with van der Waals surface area (Å²) in [6.07, 6.45) is 0.460. The smallest absolute Gasteiger partial charge is 0.163 e. The van der Waals surface area contributed by atoms with Gasteiger partial charge in [0.1, 0.15) is 5.75 Å². The molecule has 3 rings (SSSR count). The fraction of sp³-hybridized carbons (Fsp3) is 0.200. The predicted octanol–water partition coefficient (Wildman–Crippen LogP) is 7.24. The molecule has 0 spiro atoms. The van der Waals surface area contributed by atoms with E-state index >= 15 is 0 Å². The van der Waals surface area contributed by atoms with E-state index in [1.807, 2.05) is 55.5 Å². The molecule has 3 nitrogen and oxygen atoms in total. The highest BCUT2D eigenvalue weighted by molar-refractivity contribution is 9.10. The normalized spacial score (nSPS) is 10.8. The van der Waals surface area contributed by atoms with Crippen molar-refractivity contribution in [1.29, 1.82) is 0 Å². The van der Waals surface area contributed by atoms with Crippen LogP contribution in [-0.4, -0.2) is 18.2 Å². The summed E-state index contributed by atoms with van der Waals surface area (Å²) in [4.78, 5) is 26.0. The van der Waals surface area contributed by atoms with Crippen LogP contribution < -0.4 is 4.74 Å². The third-order valence-corrected chi connectivity index (χ3v) is 5.91. The van der Waals surface area contributed by atoms with Gasteiger partial charge in [0.25, 0.3) is 0 Å². The molecule has 0 aromatic heterocycles. The molecule has 0 heterocycles. The monoisotopic (exact) mass is 528 g/mol. The van der Waals surface area contributed by atoms with Crippen molar-refractivity contribution in [2.45, 2.75) is 25.7 Å². The minimum Gasteiger partial charge on any atom is -0.494 e. The van der Waals surface area contributed by atoms with Gasteiger partial charge < -0.3 is 4.74 Å². The highest BCUT2D eigenvalue weighted by Crippen LogP contribution is 2.34. The van der Waals surface area contributed by atoms with Gasteiger partial charge in [-0.2, -0.15) is 0 Å². The predicted molar refractivity (Wildman–Crippen MR) is 127 cm³/mol. The van der Waals surface area contributed by atoms with Gasteiger partial charge in [-0.15, -0.1) is 0 Å². The first-order valence-electron chi connectivity index (χ1n) is 9.77. The average molecular weight is 530 g/mol. The Kier molecular flexibility index (Phi) is 8.00. The molecule has 30 heavy (non-hydrogen) atoms. The molecule has 0 N–H and O–H groups in total. The number of ether oxygens (including phenoxy) is 1. The van der Waals surface area contributed by atoms with Crippen LogP contribution in [0.4, 0.5) is 0 Å². The molecule has 3 aromatic rings. The van der Waals surface area contributed by atoms with Crippen molar-refractivity contribution in [1.82, 2.24) is 0 Å². The summed E-state index contributed by atoms with van der Waals surface area (Å²) in [5.41, 5.74) is 2.15. The fourth-order valence-electron chi connectivity index (χ4n) is 3.35. The van der Waals surface area contributed by atoms with E-state index < -0.39 is 0 Å². The Morgan fingerprint density at radius 1 is 0.767 bits per heavy atom. The summed E-state index contributed by atoms with van der Waals surface area (Å²) in [6, 6.07) is 22.3. The van der Waals surface area contributed by atoms with Gasteiger partial charge in [0.15, 0.2) is 11.6 Å². The van der Waals surface area contributed by atoms with Crippen molar-refractivity contribution >= 4 is 43.4 Å². The van der Waals surface area contributed by atoms with Gasteiger partial charge in [0, 0.05) is 38.8 Å². The Hall–Kier alpha value is -2.24. The topological polar surface area (TPSA) is 43.4 Å². The number of hydrogen-bond acceptors (Lipinski definition) is 3. The Morgan fingerprint density at radius 3 is 1.70 bits per heavy atom. The molecule has 0 bridgehead atoms. The first-order valence-corrected chi connectivity index (χ1v) is 11.4. The maximum Gasteiger partial charge on any atom is 0.163 e. The molecule has 0 aliphatic rings. The first-order chi connectivity index (χ1) is 14.5. The number of carbonyl (C=O) groups is 2. The third kappa shape index (κ3) is 5.89. The maximum atomic E-state index is 13.0. The van der Waals surface area contributed by atoms with Crippen molar-refractivity contribution < 1.29 is 14.3 Å². The van der Waals surface area contributed by atoms with E-state index in [4.69, 9.17) is 4.74 Å². The zero-order chi connectivity index (χ0) is 21.5. The van der Waals surface area contributed by atoms with E-state index in [1.54, 1.807) is 24.3 Å². The number of benzene rings is 3. The second-order valence-electron chi connectivity index (χ2n) is 6.94. The van der Waals surface area contributed by atoms with Gasteiger partial charge >= 0.3 is 0 Å². The number of Topliss-reactive ketones (excluding diaryl/α,β-unsaturated/α-hetero) is 2. The van der Waals surface area contributed by atoms with Crippen LogP contribution in [0.25, 0.3) is 0 Å². The van der Waals surface area contributed by atoms with Crippen molar-refractivity contribution in [2.75, 3.05) is 6.61 Å². The lowest BCUT2D eigenvalue weighted by molar-refractivity contribution is 0.0944. The van der Waals surface area contributed by atoms with Gasteiger partial charge in [0.2, 0.25) is 0 Å². The number of hydrogen-bond donors (Lipinski definition) is 0. The summed E-state index contributed by atoms with van der Waals surface area (Å²) in [5, 5.41) is 0. The second kappa shape index (κ2) is 10.7. The number of rotatable bonds is 9. The first kappa shape index (κ1) is 22.4. The van der Waals surface area contributed by atoms with Gasteiger partial charge in [-0.1, -0.05) is 74.3 Å². The number of carbonyl (C=O) groups excluding carboxylic acids is 2. The molecule has 5 heteroatoms. The number of halogens is 2. The molecule has 0 fully saturated rings. The van der Waals surface area contributed by atoms with Crippen LogP contribution in [0.1, 0.15) is 52.0 Å². The molecule has 0 amide bonds. The molecule has 3 aromatic carbocycles. The minimum atomic E-state index is -0.278. The van der Waals surface area contributed by atoms with Gasteiger partial charge in [-0.3, -0.25) is 9.59 Å². The zero-order valence-corrected chi connectivity index (χ0v) is 19.8. The number of ketones is 2. The molecular weight excluding hydrogens is 508 g/mol. The van der Waals surface area contributed by atoms with Crippen LogP contribution in [0.15, 0.2) is 81.7 Å². The van der Waals surface area contributed by atoms with E-state index in [-0.39, 0.29) is 30.3 Å². The zero-order valence-electron chi connectivity index (χ0n) is 16.6. The maximum absolute atomic E-state index is 13.0. The van der Waals surface area contributed by atoms with Gasteiger partial charge in [-0.25, -0.2) is 0 Å². The fourth-order valence-corrected chi connectivity index (χ4v) is 3.88. The van der Waals surface area contributed by atoms with Crippen LogP contribution in [-0.2, 0) is 0 Å². The quantitative estimate of drug-likeness (QED) is 0.274. The molecule has 0 unspecified atom stereocenters. The van der Waals surface area contributed by atoms with Crippen molar-refractivity contribution in [3.8, 4) is 5.75 Å². The molecule has 0 aliphatic carbocycles. The van der Waals surface area contributed by atoms with E-state index in [9.17, 15) is 9.59 Å². The highest BCUT2D eigenvalue weighted by atomic mass is 79.9. The lowest BCUT2D eigenvalue weighted by Crippen LogP contribution is -2.14. The molecule has 0 saturated carbocycles. The third-order valence-electron chi connectivity index (χ3n) is 4.85. The van der Waals surface area contributed by atoms with Crippen molar-refractivity contribution in [3.63, 3.8) is 0 Å². The molecule has 0 aliphatic heterocycles. The summed E-state index contributed by atoms with van der Waals surface area (Å²) < 4.78 is 7.63. The Labute approximate surface area is 193 Å². The average Bonchev–Trinajstić information content (AvgIpc) is 2.75. The summed E-state index contributed by atoms with van der Waals surface area (Å²) in [5.74, 6) is 0.446. The molecule has 154 valence electrons. The van der Waals surface area contributed by atoms with E-state index in [0.717, 1.165) is 20.3 Å². The molecule has 0 radical (unpaired) electrons. The van der Waals surface area contributed by atoms with Crippen LogP contribution in [0.5, 0.6) is 5.75 Å². The van der Waals surface area contributed by atoms with Crippen LogP contribution >= 0.6 is 31.9 Å². The Bertz CT molecular complexity index is 952. The van der Waals surface area contributed by atoms with Crippen LogP contribution in [0.3, 0.4) is 0 Å². The van der Waals surface area contributed by atoms with Gasteiger partial charge in [0.05, 0.1) is 6.61 Å². The van der Waals surface area contributed by atoms with E-state index in [0.29, 0.717) is 17.7 Å². The lowest BCUT2D eigenvalue weighted by atomic mass is 9.86. The van der Waals surface area contributed by atoms with Crippen LogP contribution in [0.2, 0.25) is 0 Å². The molecular formula is C25H22Br2O3. The minimum absolute atomic E-state index is 0.00223. The lowest BCUT2D eigenvalue weighted by Gasteiger charge is -2.20. The standard InChI is InChI=1S/C25H22Br2O3/c1-2-30-25-6-4-3-5-22(25)19(15-23(28)17-7-11-20(26)12-8-17)16-24(29)18-9-13-21(27)14-10-18/h3-14,19H,2,15-16H2,1H3. The van der Waals surface area contributed by atoms with E-state index in [1.165, 1.54) is 0 Å². The molecule has 0 saturated heterocycles. The summed E-state index contributed by atoms with van der Waals surface area (Å²) in [6.45, 7) is 2.44. The molecule has 0 atom stereocenters. The van der Waals surface area contributed by atoms with Crippen molar-refractivity contribution in [3.05, 3.63) is 98.4 Å².